The van der Waals surface area contributed by atoms with Gasteiger partial charge in [-0.05, 0) is 25.0 Å². The van der Waals surface area contributed by atoms with Gasteiger partial charge in [-0.15, -0.1) is 0 Å². The summed E-state index contributed by atoms with van der Waals surface area (Å²) in [6.45, 7) is 1.06. The monoisotopic (exact) mass is 283 g/mol. The number of piperidine rings is 1. The lowest BCUT2D eigenvalue weighted by Crippen LogP contribution is -2.41. The third-order valence-corrected chi connectivity index (χ3v) is 4.34. The minimum atomic E-state index is -3.56. The molecule has 0 spiro atoms. The van der Waals surface area contributed by atoms with Gasteiger partial charge >= 0.3 is 10.2 Å². The summed E-state index contributed by atoms with van der Waals surface area (Å²) in [5.41, 5.74) is 0.462. The Morgan fingerprint density at radius 1 is 1.21 bits per heavy atom. The molecule has 0 aromatic heterocycles. The van der Waals surface area contributed by atoms with E-state index in [9.17, 15) is 13.5 Å². The number of hydrogen-bond donors (Lipinski definition) is 2. The Hall–Kier alpha value is -1.60. The van der Waals surface area contributed by atoms with Crippen molar-refractivity contribution in [2.75, 3.05) is 13.1 Å². The van der Waals surface area contributed by atoms with Gasteiger partial charge in [-0.1, -0.05) is 18.6 Å². The molecule has 2 N–H and O–H groups in total. The lowest BCUT2D eigenvalue weighted by Gasteiger charge is -2.24. The lowest BCUT2D eigenvalue weighted by atomic mass is 10.2. The number of benzene rings is 1. The zero-order chi connectivity index (χ0) is 13.7. The van der Waals surface area contributed by atoms with Crippen molar-refractivity contribution in [2.45, 2.75) is 19.3 Å². The number of nitrogens with one attached hydrogen (secondary N) is 1. The van der Waals surface area contributed by atoms with Crippen LogP contribution in [0.1, 0.15) is 24.8 Å². The third-order valence-electron chi connectivity index (χ3n) is 2.96. The molecule has 0 atom stereocenters. The number of rotatable bonds is 4. The van der Waals surface area contributed by atoms with Crippen LogP contribution in [0.5, 0.6) is 5.75 Å². The largest absolute Gasteiger partial charge is 0.507 e. The summed E-state index contributed by atoms with van der Waals surface area (Å²) in [5, 5.41) is 13.2. The van der Waals surface area contributed by atoms with Crippen molar-refractivity contribution in [3.05, 3.63) is 29.8 Å². The van der Waals surface area contributed by atoms with Crippen molar-refractivity contribution in [3.63, 3.8) is 0 Å². The van der Waals surface area contributed by atoms with Gasteiger partial charge in [-0.2, -0.15) is 22.7 Å². The molecule has 0 amide bonds. The van der Waals surface area contributed by atoms with Gasteiger partial charge in [0.2, 0.25) is 0 Å². The van der Waals surface area contributed by atoms with E-state index in [2.05, 4.69) is 9.93 Å². The molecular weight excluding hydrogens is 266 g/mol. The van der Waals surface area contributed by atoms with Gasteiger partial charge in [-0.3, -0.25) is 0 Å². The Bertz CT molecular complexity index is 551. The van der Waals surface area contributed by atoms with Crippen molar-refractivity contribution >= 4 is 16.4 Å². The number of nitrogens with zero attached hydrogens (tertiary/aromatic N) is 2. The molecule has 1 aliphatic heterocycles. The van der Waals surface area contributed by atoms with Crippen molar-refractivity contribution in [3.8, 4) is 5.75 Å². The van der Waals surface area contributed by atoms with Crippen LogP contribution in [0.2, 0.25) is 0 Å². The molecule has 0 bridgehead atoms. The second-order valence-corrected chi connectivity index (χ2v) is 6.02. The van der Waals surface area contributed by atoms with Gasteiger partial charge in [0.05, 0.1) is 6.21 Å². The molecule has 0 radical (unpaired) electrons. The summed E-state index contributed by atoms with van der Waals surface area (Å²) < 4.78 is 25.2. The van der Waals surface area contributed by atoms with Crippen LogP contribution < -0.4 is 4.83 Å². The molecule has 0 saturated carbocycles. The molecule has 104 valence electrons. The second kappa shape index (κ2) is 6.03. The summed E-state index contributed by atoms with van der Waals surface area (Å²) in [6.07, 6.45) is 4.11. The molecule has 19 heavy (non-hydrogen) atoms. The van der Waals surface area contributed by atoms with Gasteiger partial charge in [0.25, 0.3) is 0 Å². The molecule has 1 saturated heterocycles. The van der Waals surface area contributed by atoms with E-state index in [-0.39, 0.29) is 5.75 Å². The highest BCUT2D eigenvalue weighted by Crippen LogP contribution is 2.13. The summed E-state index contributed by atoms with van der Waals surface area (Å²) in [6, 6.07) is 6.58. The number of phenols is 1. The first-order chi connectivity index (χ1) is 9.09. The van der Waals surface area contributed by atoms with Crippen LogP contribution in [-0.4, -0.2) is 37.1 Å². The Morgan fingerprint density at radius 2 is 1.89 bits per heavy atom. The number of phenolic OH excluding ortho intramolecular Hbond substituents is 1. The van der Waals surface area contributed by atoms with E-state index in [1.165, 1.54) is 16.6 Å². The molecule has 0 unspecified atom stereocenters. The highest BCUT2D eigenvalue weighted by molar-refractivity contribution is 7.87. The van der Waals surface area contributed by atoms with Crippen molar-refractivity contribution in [1.29, 1.82) is 0 Å². The standard InChI is InChI=1S/C12H17N3O3S/c16-12-7-3-2-6-11(12)10-13-14-19(17,18)15-8-4-1-5-9-15/h2-3,6-7,10,14,16H,1,4-5,8-9H2/b13-10+. The predicted molar refractivity (Wildman–Crippen MR) is 73.2 cm³/mol. The van der Waals surface area contributed by atoms with E-state index >= 15 is 0 Å². The fourth-order valence-corrected chi connectivity index (χ4v) is 2.96. The van der Waals surface area contributed by atoms with Crippen LogP contribution in [-0.2, 0) is 10.2 Å². The summed E-state index contributed by atoms with van der Waals surface area (Å²) in [4.78, 5) is 2.16. The maximum Gasteiger partial charge on any atom is 0.316 e. The van der Waals surface area contributed by atoms with Crippen LogP contribution >= 0.6 is 0 Å². The maximum absolute atomic E-state index is 11.9. The van der Waals surface area contributed by atoms with E-state index in [1.807, 2.05) is 0 Å². The molecule has 1 fully saturated rings. The Balaban J connectivity index is 1.99. The molecule has 1 aliphatic rings. The van der Waals surface area contributed by atoms with Crippen molar-refractivity contribution < 1.29 is 13.5 Å². The summed E-state index contributed by atoms with van der Waals surface area (Å²) >= 11 is 0. The molecule has 1 heterocycles. The fraction of sp³-hybridized carbons (Fsp3) is 0.417. The Kier molecular flexibility index (Phi) is 4.39. The highest BCUT2D eigenvalue weighted by atomic mass is 32.2. The van der Waals surface area contributed by atoms with Crippen LogP contribution in [0.25, 0.3) is 0 Å². The van der Waals surface area contributed by atoms with Crippen LogP contribution in [0.4, 0.5) is 0 Å². The first-order valence-corrected chi connectivity index (χ1v) is 7.61. The minimum Gasteiger partial charge on any atom is -0.507 e. The van der Waals surface area contributed by atoms with Gasteiger partial charge < -0.3 is 5.11 Å². The van der Waals surface area contributed by atoms with Gasteiger partial charge in [0, 0.05) is 18.7 Å². The van der Waals surface area contributed by atoms with E-state index in [1.54, 1.807) is 18.2 Å². The van der Waals surface area contributed by atoms with E-state index < -0.39 is 10.2 Å². The van der Waals surface area contributed by atoms with E-state index in [0.717, 1.165) is 19.3 Å². The third kappa shape index (κ3) is 3.68. The van der Waals surface area contributed by atoms with Crippen LogP contribution in [0.3, 0.4) is 0 Å². The number of aromatic hydroxyl groups is 1. The maximum atomic E-state index is 11.9. The number of hydrazone groups is 1. The quantitative estimate of drug-likeness (QED) is 0.640. The minimum absolute atomic E-state index is 0.0587. The molecule has 1 aromatic carbocycles. The zero-order valence-electron chi connectivity index (χ0n) is 10.5. The van der Waals surface area contributed by atoms with Crippen LogP contribution in [0.15, 0.2) is 29.4 Å². The van der Waals surface area contributed by atoms with Gasteiger partial charge in [0.1, 0.15) is 5.75 Å². The first kappa shape index (κ1) is 13.8. The Morgan fingerprint density at radius 3 is 2.58 bits per heavy atom. The molecule has 7 heteroatoms. The fourth-order valence-electron chi connectivity index (χ4n) is 1.92. The SMILES string of the molecule is O=S(=O)(N/N=C/c1ccccc1O)N1CCCCC1. The highest BCUT2D eigenvalue weighted by Gasteiger charge is 2.22. The normalized spacial score (nSPS) is 17.7. The van der Waals surface area contributed by atoms with Crippen molar-refractivity contribution in [2.24, 2.45) is 5.10 Å². The summed E-state index contributed by atoms with van der Waals surface area (Å²) in [5.74, 6) is 0.0587. The lowest BCUT2D eigenvalue weighted by molar-refractivity contribution is 0.342. The second-order valence-electron chi connectivity index (χ2n) is 4.37. The predicted octanol–water partition coefficient (Wildman–Crippen LogP) is 1.05. The molecule has 0 aliphatic carbocycles. The zero-order valence-corrected chi connectivity index (χ0v) is 11.3. The van der Waals surface area contributed by atoms with Crippen molar-refractivity contribution in [1.82, 2.24) is 9.14 Å². The molecular formula is C12H17N3O3S. The first-order valence-electron chi connectivity index (χ1n) is 6.17. The molecule has 2 rings (SSSR count). The van der Waals surface area contributed by atoms with Gasteiger partial charge in [-0.25, -0.2) is 0 Å². The number of para-hydroxylation sites is 1. The Labute approximate surface area is 112 Å². The average molecular weight is 283 g/mol. The number of hydrogen-bond acceptors (Lipinski definition) is 4. The van der Waals surface area contributed by atoms with Gasteiger partial charge in [0.15, 0.2) is 0 Å². The molecule has 6 nitrogen and oxygen atoms in total. The summed E-state index contributed by atoms with van der Waals surface area (Å²) in [7, 11) is -3.56. The molecule has 1 aromatic rings. The van der Waals surface area contributed by atoms with E-state index in [0.29, 0.717) is 18.7 Å². The van der Waals surface area contributed by atoms with Crippen LogP contribution in [0, 0.1) is 0 Å². The van der Waals surface area contributed by atoms with E-state index in [4.69, 9.17) is 0 Å². The smallest absolute Gasteiger partial charge is 0.316 e. The average Bonchev–Trinajstić information content (AvgIpc) is 2.42. The topological polar surface area (TPSA) is 82.0 Å².